The number of rotatable bonds is 0. The Morgan fingerprint density at radius 1 is 1.19 bits per heavy atom. The van der Waals surface area contributed by atoms with E-state index >= 15 is 0 Å². The van der Waals surface area contributed by atoms with Crippen LogP contribution in [0, 0.1) is 0 Å². The van der Waals surface area contributed by atoms with Gasteiger partial charge in [-0.3, -0.25) is 4.79 Å². The largest absolute Gasteiger partial charge is 0.443 e. The molecule has 0 bridgehead atoms. The van der Waals surface area contributed by atoms with Gasteiger partial charge in [0.1, 0.15) is 5.60 Å². The molecule has 2 amide bonds. The van der Waals surface area contributed by atoms with Gasteiger partial charge in [0.2, 0.25) is 5.91 Å². The minimum atomic E-state index is -0.613. The Labute approximate surface area is 125 Å². The highest BCUT2D eigenvalue weighted by molar-refractivity contribution is 6.21. The van der Waals surface area contributed by atoms with Gasteiger partial charge in [0.05, 0.1) is 11.1 Å². The number of benzene rings is 1. The molecule has 0 aromatic heterocycles. The lowest BCUT2D eigenvalue weighted by molar-refractivity contribution is -0.122. The summed E-state index contributed by atoms with van der Waals surface area (Å²) >= 11 is 0. The first kappa shape index (κ1) is 14.1. The van der Waals surface area contributed by atoms with E-state index in [0.717, 1.165) is 31.2 Å². The van der Waals surface area contributed by atoms with Crippen molar-refractivity contribution in [1.29, 1.82) is 0 Å². The van der Waals surface area contributed by atoms with Gasteiger partial charge < -0.3 is 4.74 Å². The molecule has 1 saturated carbocycles. The number of nitrogens with zero attached hydrogens (tertiary/aromatic N) is 1. The zero-order chi connectivity index (χ0) is 15.3. The molecule has 112 valence electrons. The number of carbonyl (C=O) groups excluding carboxylic acids is 2. The third kappa shape index (κ3) is 2.13. The average molecular weight is 287 g/mol. The summed E-state index contributed by atoms with van der Waals surface area (Å²) in [5, 5.41) is 0. The van der Waals surface area contributed by atoms with Crippen molar-refractivity contribution in [2.24, 2.45) is 0 Å². The van der Waals surface area contributed by atoms with Crippen molar-refractivity contribution in [3.05, 3.63) is 29.8 Å². The molecule has 1 aliphatic carbocycles. The third-order valence-corrected chi connectivity index (χ3v) is 4.31. The second-order valence-electron chi connectivity index (χ2n) is 6.93. The van der Waals surface area contributed by atoms with Gasteiger partial charge in [0, 0.05) is 0 Å². The first-order valence-electron chi connectivity index (χ1n) is 7.52. The van der Waals surface area contributed by atoms with Gasteiger partial charge in [-0.2, -0.15) is 0 Å². The maximum atomic E-state index is 12.9. The van der Waals surface area contributed by atoms with Crippen molar-refractivity contribution < 1.29 is 14.3 Å². The lowest BCUT2D eigenvalue weighted by atomic mass is 9.80. The number of anilines is 1. The Kier molecular flexibility index (Phi) is 3.08. The fraction of sp³-hybridized carbons (Fsp3) is 0.529. The smallest absolute Gasteiger partial charge is 0.421 e. The number of carbonyl (C=O) groups is 2. The maximum absolute atomic E-state index is 12.9. The molecule has 0 unspecified atom stereocenters. The Balaban J connectivity index is 2.03. The van der Waals surface area contributed by atoms with E-state index in [-0.39, 0.29) is 5.91 Å². The van der Waals surface area contributed by atoms with Crippen LogP contribution in [0.4, 0.5) is 10.5 Å². The van der Waals surface area contributed by atoms with Gasteiger partial charge in [0.25, 0.3) is 0 Å². The Morgan fingerprint density at radius 2 is 1.81 bits per heavy atom. The molecule has 0 atom stereocenters. The number of amides is 2. The number of hydrogen-bond donors (Lipinski definition) is 0. The van der Waals surface area contributed by atoms with Crippen LogP contribution in [0.1, 0.15) is 52.0 Å². The topological polar surface area (TPSA) is 46.6 Å². The quantitative estimate of drug-likeness (QED) is 0.729. The molecule has 3 rings (SSSR count). The van der Waals surface area contributed by atoms with Crippen LogP contribution in [0.25, 0.3) is 0 Å². The van der Waals surface area contributed by atoms with E-state index in [0.29, 0.717) is 5.69 Å². The van der Waals surface area contributed by atoms with Gasteiger partial charge in [-0.1, -0.05) is 31.0 Å². The molecule has 4 heteroatoms. The van der Waals surface area contributed by atoms with Crippen LogP contribution in [0.5, 0.6) is 0 Å². The van der Waals surface area contributed by atoms with Crippen molar-refractivity contribution in [3.8, 4) is 0 Å². The predicted octanol–water partition coefficient (Wildman–Crippen LogP) is 3.78. The SMILES string of the molecule is CC(C)(C)OC(=O)N1C(=O)C2(CCCC2)c2ccccc21. The molecule has 1 aliphatic heterocycles. The first-order chi connectivity index (χ1) is 9.85. The van der Waals surface area contributed by atoms with Gasteiger partial charge in [-0.25, -0.2) is 9.69 Å². The number of ether oxygens (including phenoxy) is 1. The second kappa shape index (κ2) is 4.58. The molecule has 0 saturated heterocycles. The summed E-state index contributed by atoms with van der Waals surface area (Å²) in [6.07, 6.45) is 3.14. The monoisotopic (exact) mass is 287 g/mol. The lowest BCUT2D eigenvalue weighted by Gasteiger charge is -2.25. The Hall–Kier alpha value is -1.84. The number of para-hydroxylation sites is 1. The molecule has 1 fully saturated rings. The van der Waals surface area contributed by atoms with Crippen LogP contribution in [0.15, 0.2) is 24.3 Å². The van der Waals surface area contributed by atoms with E-state index in [9.17, 15) is 9.59 Å². The molecule has 4 nitrogen and oxygen atoms in total. The van der Waals surface area contributed by atoms with Crippen molar-refractivity contribution >= 4 is 17.7 Å². The molecule has 1 heterocycles. The summed E-state index contributed by atoms with van der Waals surface area (Å²) in [6, 6.07) is 7.61. The Bertz CT molecular complexity index is 594. The van der Waals surface area contributed by atoms with Crippen molar-refractivity contribution in [3.63, 3.8) is 0 Å². The zero-order valence-electron chi connectivity index (χ0n) is 12.8. The molecular weight excluding hydrogens is 266 g/mol. The predicted molar refractivity (Wildman–Crippen MR) is 80.3 cm³/mol. The van der Waals surface area contributed by atoms with Crippen molar-refractivity contribution in [1.82, 2.24) is 0 Å². The van der Waals surface area contributed by atoms with E-state index in [2.05, 4.69) is 0 Å². The summed E-state index contributed by atoms with van der Waals surface area (Å²) in [7, 11) is 0. The minimum Gasteiger partial charge on any atom is -0.443 e. The fourth-order valence-corrected chi connectivity index (χ4v) is 3.46. The molecule has 0 radical (unpaired) electrons. The highest BCUT2D eigenvalue weighted by Crippen LogP contribution is 2.51. The van der Waals surface area contributed by atoms with Crippen molar-refractivity contribution in [2.45, 2.75) is 57.5 Å². The van der Waals surface area contributed by atoms with Crippen LogP contribution >= 0.6 is 0 Å². The van der Waals surface area contributed by atoms with Crippen LogP contribution < -0.4 is 4.90 Å². The van der Waals surface area contributed by atoms with Crippen LogP contribution in [0.2, 0.25) is 0 Å². The molecule has 1 aromatic rings. The first-order valence-corrected chi connectivity index (χ1v) is 7.52. The zero-order valence-corrected chi connectivity index (χ0v) is 12.8. The second-order valence-corrected chi connectivity index (χ2v) is 6.93. The summed E-state index contributed by atoms with van der Waals surface area (Å²) in [5.41, 5.74) is 0.558. The summed E-state index contributed by atoms with van der Waals surface area (Å²) in [5.74, 6) is -0.115. The molecular formula is C17H21NO3. The Morgan fingerprint density at radius 3 is 2.43 bits per heavy atom. The van der Waals surface area contributed by atoms with Gasteiger partial charge in [-0.15, -0.1) is 0 Å². The maximum Gasteiger partial charge on any atom is 0.421 e. The number of hydrogen-bond acceptors (Lipinski definition) is 3. The van der Waals surface area contributed by atoms with E-state index in [1.165, 1.54) is 4.90 Å². The molecule has 0 N–H and O–H groups in total. The van der Waals surface area contributed by atoms with Gasteiger partial charge in [-0.05, 0) is 45.2 Å². The van der Waals surface area contributed by atoms with E-state index in [1.807, 2.05) is 45.0 Å². The average Bonchev–Trinajstić information content (AvgIpc) is 2.95. The summed E-state index contributed by atoms with van der Waals surface area (Å²) < 4.78 is 5.42. The molecule has 2 aliphatic rings. The van der Waals surface area contributed by atoms with Crippen LogP contribution in [0.3, 0.4) is 0 Å². The van der Waals surface area contributed by atoms with Gasteiger partial charge in [0.15, 0.2) is 0 Å². The van der Waals surface area contributed by atoms with E-state index in [4.69, 9.17) is 4.74 Å². The van der Waals surface area contributed by atoms with Gasteiger partial charge >= 0.3 is 6.09 Å². The van der Waals surface area contributed by atoms with Crippen molar-refractivity contribution in [2.75, 3.05) is 4.90 Å². The molecule has 1 spiro atoms. The summed E-state index contributed by atoms with van der Waals surface area (Å²) in [6.45, 7) is 5.42. The number of imide groups is 1. The third-order valence-electron chi connectivity index (χ3n) is 4.31. The van der Waals surface area contributed by atoms with E-state index in [1.54, 1.807) is 0 Å². The number of fused-ring (bicyclic) bond motifs is 2. The highest BCUT2D eigenvalue weighted by atomic mass is 16.6. The van der Waals surface area contributed by atoms with Crippen LogP contribution in [-0.2, 0) is 14.9 Å². The summed E-state index contributed by atoms with van der Waals surface area (Å²) in [4.78, 5) is 26.6. The normalized spacial score (nSPS) is 20.0. The minimum absolute atomic E-state index is 0.115. The fourth-order valence-electron chi connectivity index (χ4n) is 3.46. The van der Waals surface area contributed by atoms with Crippen LogP contribution in [-0.4, -0.2) is 17.6 Å². The molecule has 21 heavy (non-hydrogen) atoms. The van der Waals surface area contributed by atoms with E-state index < -0.39 is 17.1 Å². The highest BCUT2D eigenvalue weighted by Gasteiger charge is 2.54. The molecule has 1 aromatic carbocycles. The standard InChI is InChI=1S/C17H21NO3/c1-16(2,3)21-15(20)18-13-9-5-4-8-12(13)17(14(18)19)10-6-7-11-17/h4-5,8-9H,6-7,10-11H2,1-3H3. The lowest BCUT2D eigenvalue weighted by Crippen LogP contribution is -2.44.